The number of nitro groups is 1. The highest BCUT2D eigenvalue weighted by Gasteiger charge is 2.18. The van der Waals surface area contributed by atoms with E-state index in [2.05, 4.69) is 15.5 Å². The summed E-state index contributed by atoms with van der Waals surface area (Å²) in [6, 6.07) is 12.7. The molecule has 0 spiro atoms. The van der Waals surface area contributed by atoms with E-state index < -0.39 is 22.1 Å². The summed E-state index contributed by atoms with van der Waals surface area (Å²) in [5.41, 5.74) is 2.41. The fraction of sp³-hybridized carbons (Fsp3) is 0. The molecule has 2 aromatic carbocycles. The smallest absolute Gasteiger partial charge is 0.267 e. The van der Waals surface area contributed by atoms with E-state index in [4.69, 9.17) is 11.6 Å². The number of para-hydroxylation sites is 1. The average molecular weight is 411 g/mol. The molecule has 4 aromatic rings. The molecule has 0 fully saturated rings. The minimum absolute atomic E-state index is 0.0342. The van der Waals surface area contributed by atoms with Gasteiger partial charge in [0.05, 0.1) is 16.8 Å². The minimum atomic E-state index is -0.733. The Kier molecular flexibility index (Phi) is 4.53. The lowest BCUT2D eigenvalue weighted by molar-refractivity contribution is -0.384. The van der Waals surface area contributed by atoms with Gasteiger partial charge >= 0.3 is 0 Å². The lowest BCUT2D eigenvalue weighted by atomic mass is 10.2. The molecule has 0 aliphatic carbocycles. The Bertz CT molecular complexity index is 1320. The Morgan fingerprint density at radius 3 is 2.66 bits per heavy atom. The van der Waals surface area contributed by atoms with E-state index in [-0.39, 0.29) is 16.0 Å². The Hall–Kier alpha value is -4.05. The van der Waals surface area contributed by atoms with E-state index in [0.29, 0.717) is 5.65 Å². The molecule has 11 heteroatoms. The molecule has 0 unspecified atom stereocenters. The number of rotatable bonds is 4. The van der Waals surface area contributed by atoms with Gasteiger partial charge in [-0.1, -0.05) is 29.8 Å². The third kappa shape index (κ3) is 3.32. The number of halogens is 1. The predicted molar refractivity (Wildman–Crippen MR) is 105 cm³/mol. The van der Waals surface area contributed by atoms with Crippen molar-refractivity contribution in [2.24, 2.45) is 0 Å². The number of amides is 1. The van der Waals surface area contributed by atoms with Gasteiger partial charge in [-0.15, -0.1) is 0 Å². The number of hydrogen-bond acceptors (Lipinski definition) is 6. The molecule has 0 saturated heterocycles. The minimum Gasteiger partial charge on any atom is -0.267 e. The molecule has 144 valence electrons. The van der Waals surface area contributed by atoms with E-state index >= 15 is 0 Å². The van der Waals surface area contributed by atoms with Crippen LogP contribution in [0.2, 0.25) is 5.02 Å². The Morgan fingerprint density at radius 1 is 1.17 bits per heavy atom. The van der Waals surface area contributed by atoms with Crippen LogP contribution >= 0.6 is 11.6 Å². The summed E-state index contributed by atoms with van der Waals surface area (Å²) < 4.78 is 2.40. The first-order chi connectivity index (χ1) is 14.0. The third-order valence-electron chi connectivity index (χ3n) is 4.12. The van der Waals surface area contributed by atoms with Gasteiger partial charge in [0, 0.05) is 11.6 Å². The zero-order valence-corrected chi connectivity index (χ0v) is 15.3. The SMILES string of the molecule is O=C(Nn1cnc2c(cnn2-c2ccccc2)c1=O)c1ccc(Cl)c([N+](=O)[O-])c1. The van der Waals surface area contributed by atoms with E-state index in [1.54, 1.807) is 0 Å². The summed E-state index contributed by atoms with van der Waals surface area (Å²) in [6.45, 7) is 0. The Labute approximate surface area is 167 Å². The van der Waals surface area contributed by atoms with Gasteiger partial charge in [-0.3, -0.25) is 25.1 Å². The fourth-order valence-corrected chi connectivity index (χ4v) is 2.90. The van der Waals surface area contributed by atoms with Gasteiger partial charge in [0.1, 0.15) is 16.7 Å². The second-order valence-electron chi connectivity index (χ2n) is 5.91. The van der Waals surface area contributed by atoms with E-state index in [1.807, 2.05) is 30.3 Å². The lowest BCUT2D eigenvalue weighted by Gasteiger charge is -2.08. The van der Waals surface area contributed by atoms with Crippen molar-refractivity contribution in [1.29, 1.82) is 0 Å². The van der Waals surface area contributed by atoms with Crippen LogP contribution in [0.4, 0.5) is 5.69 Å². The van der Waals surface area contributed by atoms with Gasteiger partial charge in [0.25, 0.3) is 17.2 Å². The molecule has 1 N–H and O–H groups in total. The number of nitrogens with zero attached hydrogens (tertiary/aromatic N) is 5. The van der Waals surface area contributed by atoms with Crippen LogP contribution in [-0.4, -0.2) is 30.3 Å². The molecular formula is C18H11ClN6O4. The zero-order valence-electron chi connectivity index (χ0n) is 14.5. The van der Waals surface area contributed by atoms with Crippen molar-refractivity contribution in [3.63, 3.8) is 0 Å². The first-order valence-corrected chi connectivity index (χ1v) is 8.59. The molecule has 4 rings (SSSR count). The van der Waals surface area contributed by atoms with Crippen LogP contribution in [0, 0.1) is 10.1 Å². The van der Waals surface area contributed by atoms with Gasteiger partial charge in [-0.05, 0) is 24.3 Å². The number of nitrogens with one attached hydrogen (secondary N) is 1. The summed E-state index contributed by atoms with van der Waals surface area (Å²) in [4.78, 5) is 39.6. The van der Waals surface area contributed by atoms with Gasteiger partial charge in [-0.25, -0.2) is 14.3 Å². The van der Waals surface area contributed by atoms with Gasteiger partial charge in [0.2, 0.25) is 0 Å². The van der Waals surface area contributed by atoms with Crippen molar-refractivity contribution in [3.05, 3.63) is 92.1 Å². The van der Waals surface area contributed by atoms with Crippen LogP contribution in [0.5, 0.6) is 0 Å². The van der Waals surface area contributed by atoms with Crippen molar-refractivity contribution in [2.75, 3.05) is 5.43 Å². The number of carbonyl (C=O) groups excluding carboxylic acids is 1. The molecule has 29 heavy (non-hydrogen) atoms. The van der Waals surface area contributed by atoms with Crippen LogP contribution in [0.25, 0.3) is 16.7 Å². The lowest BCUT2D eigenvalue weighted by Crippen LogP contribution is -2.33. The number of aromatic nitrogens is 4. The molecule has 0 radical (unpaired) electrons. The summed E-state index contributed by atoms with van der Waals surface area (Å²) in [7, 11) is 0. The Morgan fingerprint density at radius 2 is 1.93 bits per heavy atom. The molecule has 2 aromatic heterocycles. The molecule has 0 saturated carbocycles. The summed E-state index contributed by atoms with van der Waals surface area (Å²) in [6.07, 6.45) is 2.50. The number of hydrogen-bond donors (Lipinski definition) is 1. The normalized spacial score (nSPS) is 10.8. The second kappa shape index (κ2) is 7.17. The van der Waals surface area contributed by atoms with Crippen LogP contribution in [0.15, 0.2) is 65.8 Å². The van der Waals surface area contributed by atoms with Crippen LogP contribution in [0.1, 0.15) is 10.4 Å². The molecule has 10 nitrogen and oxygen atoms in total. The van der Waals surface area contributed by atoms with Gasteiger partial charge in [0.15, 0.2) is 5.65 Å². The van der Waals surface area contributed by atoms with Crippen molar-refractivity contribution >= 4 is 34.2 Å². The van der Waals surface area contributed by atoms with E-state index in [0.717, 1.165) is 22.8 Å². The fourth-order valence-electron chi connectivity index (χ4n) is 2.72. The number of nitro benzene ring substituents is 1. The van der Waals surface area contributed by atoms with Crippen molar-refractivity contribution in [3.8, 4) is 5.69 Å². The molecule has 0 atom stereocenters. The van der Waals surface area contributed by atoms with Crippen molar-refractivity contribution in [1.82, 2.24) is 19.4 Å². The summed E-state index contributed by atoms with van der Waals surface area (Å²) in [5, 5.41) is 15.3. The number of benzene rings is 2. The predicted octanol–water partition coefficient (Wildman–Crippen LogP) is 2.53. The van der Waals surface area contributed by atoms with E-state index in [9.17, 15) is 19.7 Å². The largest absolute Gasteiger partial charge is 0.288 e. The van der Waals surface area contributed by atoms with E-state index in [1.165, 1.54) is 23.0 Å². The average Bonchev–Trinajstić information content (AvgIpc) is 3.15. The monoisotopic (exact) mass is 410 g/mol. The molecule has 2 heterocycles. The molecule has 0 bridgehead atoms. The maximum atomic E-state index is 12.7. The highest BCUT2D eigenvalue weighted by atomic mass is 35.5. The zero-order chi connectivity index (χ0) is 20.5. The number of fused-ring (bicyclic) bond motifs is 1. The maximum Gasteiger partial charge on any atom is 0.288 e. The quantitative estimate of drug-likeness (QED) is 0.407. The second-order valence-corrected chi connectivity index (χ2v) is 6.32. The maximum absolute atomic E-state index is 12.7. The molecular weight excluding hydrogens is 400 g/mol. The first kappa shape index (κ1) is 18.3. The standard InChI is InChI=1S/C18H11ClN6O4/c19-14-7-6-11(8-15(14)25(28)29)17(26)22-23-10-20-16-13(18(23)27)9-21-24(16)12-4-2-1-3-5-12/h1-10H,(H,22,26). The topological polar surface area (TPSA) is 125 Å². The highest BCUT2D eigenvalue weighted by molar-refractivity contribution is 6.32. The van der Waals surface area contributed by atoms with Crippen molar-refractivity contribution < 1.29 is 9.72 Å². The molecule has 0 aliphatic heterocycles. The first-order valence-electron chi connectivity index (χ1n) is 8.22. The van der Waals surface area contributed by atoms with Gasteiger partial charge < -0.3 is 0 Å². The highest BCUT2D eigenvalue weighted by Crippen LogP contribution is 2.25. The summed E-state index contributed by atoms with van der Waals surface area (Å²) >= 11 is 5.75. The number of carbonyl (C=O) groups is 1. The summed E-state index contributed by atoms with van der Waals surface area (Å²) in [5.74, 6) is -0.733. The Balaban J connectivity index is 1.68. The van der Waals surface area contributed by atoms with Gasteiger partial charge in [-0.2, -0.15) is 5.10 Å². The molecule has 1 amide bonds. The van der Waals surface area contributed by atoms with Crippen molar-refractivity contribution in [2.45, 2.75) is 0 Å². The van der Waals surface area contributed by atoms with Crippen LogP contribution < -0.4 is 11.0 Å². The third-order valence-corrected chi connectivity index (χ3v) is 4.44. The van der Waals surface area contributed by atoms with Crippen LogP contribution in [-0.2, 0) is 0 Å². The van der Waals surface area contributed by atoms with Crippen LogP contribution in [0.3, 0.4) is 0 Å². The molecule has 0 aliphatic rings.